The van der Waals surface area contributed by atoms with Crippen molar-refractivity contribution in [1.82, 2.24) is 4.98 Å². The molecule has 4 nitrogen and oxygen atoms in total. The number of hydrogen-bond donors (Lipinski definition) is 0. The fourth-order valence-electron chi connectivity index (χ4n) is 6.43. The predicted molar refractivity (Wildman–Crippen MR) is 190 cm³/mol. The Labute approximate surface area is 267 Å². The number of nitrogens with zero attached hydrogens (tertiary/aromatic N) is 2. The topological polar surface area (TPSA) is 38.5 Å². The van der Waals surface area contributed by atoms with Gasteiger partial charge in [-0.25, -0.2) is 0 Å². The molecule has 0 bridgehead atoms. The predicted octanol–water partition coefficient (Wildman–Crippen LogP) is 9.98. The standard InChI is InChI=1S/C41H27N2O2P/c1-3-14-29(15-4-1)46(30-16-5-2-6-17-30)40-23-12-22-37-33(40)27-41(45-37)43-35-20-7-8-21-38(35)44-39-25-28-13-11-18-31(32(28)26-36(39)43)34-19-9-10-24-42-34/h1-27H. The molecule has 1 aliphatic heterocycles. The van der Waals surface area contributed by atoms with Gasteiger partial charge in [0.25, 0.3) is 0 Å². The Bertz CT molecular complexity index is 2320. The monoisotopic (exact) mass is 610 g/mol. The van der Waals surface area contributed by atoms with Gasteiger partial charge in [0.2, 0.25) is 5.88 Å². The number of rotatable bonds is 5. The van der Waals surface area contributed by atoms with Crippen LogP contribution in [0.2, 0.25) is 0 Å². The van der Waals surface area contributed by atoms with Crippen LogP contribution in [0.4, 0.5) is 17.3 Å². The highest BCUT2D eigenvalue weighted by Gasteiger charge is 2.30. The lowest BCUT2D eigenvalue weighted by atomic mass is 9.99. The Morgan fingerprint density at radius 2 is 1.28 bits per heavy atom. The molecule has 3 heterocycles. The zero-order chi connectivity index (χ0) is 30.5. The summed E-state index contributed by atoms with van der Waals surface area (Å²) in [6.07, 6.45) is 1.84. The molecule has 1 aliphatic rings. The lowest BCUT2D eigenvalue weighted by Crippen LogP contribution is -2.20. The van der Waals surface area contributed by atoms with E-state index in [0.29, 0.717) is 0 Å². The zero-order valence-electron chi connectivity index (χ0n) is 24.7. The van der Waals surface area contributed by atoms with Crippen molar-refractivity contribution in [1.29, 1.82) is 0 Å². The Morgan fingerprint density at radius 3 is 2.07 bits per heavy atom. The molecule has 0 amide bonds. The Kier molecular flexibility index (Phi) is 6.40. The van der Waals surface area contributed by atoms with Crippen LogP contribution in [0.15, 0.2) is 168 Å². The summed E-state index contributed by atoms with van der Waals surface area (Å²) in [5.74, 6) is 2.30. The third kappa shape index (κ3) is 4.46. The van der Waals surface area contributed by atoms with Crippen LogP contribution in [0.25, 0.3) is 33.0 Å². The van der Waals surface area contributed by atoms with Crippen molar-refractivity contribution in [3.05, 3.63) is 164 Å². The average molecular weight is 611 g/mol. The minimum Gasteiger partial charge on any atom is -0.453 e. The van der Waals surface area contributed by atoms with E-state index in [1.807, 2.05) is 36.5 Å². The van der Waals surface area contributed by atoms with Crippen molar-refractivity contribution in [2.75, 3.05) is 4.90 Å². The molecule has 9 rings (SSSR count). The molecule has 0 aliphatic carbocycles. The van der Waals surface area contributed by atoms with Gasteiger partial charge in [0.1, 0.15) is 5.58 Å². The Hall–Kier alpha value is -5.70. The van der Waals surface area contributed by atoms with Gasteiger partial charge >= 0.3 is 0 Å². The van der Waals surface area contributed by atoms with Gasteiger partial charge in [-0.15, -0.1) is 0 Å². The number of anilines is 3. The molecular weight excluding hydrogens is 583 g/mol. The third-order valence-corrected chi connectivity index (χ3v) is 11.0. The molecule has 218 valence electrons. The first kappa shape index (κ1) is 26.7. The largest absolute Gasteiger partial charge is 0.453 e. The summed E-state index contributed by atoms with van der Waals surface area (Å²) >= 11 is 0. The highest BCUT2D eigenvalue weighted by molar-refractivity contribution is 7.80. The summed E-state index contributed by atoms with van der Waals surface area (Å²) in [4.78, 5) is 6.86. The van der Waals surface area contributed by atoms with Crippen molar-refractivity contribution >= 4 is 62.8 Å². The van der Waals surface area contributed by atoms with Gasteiger partial charge in [-0.3, -0.25) is 9.88 Å². The molecule has 0 N–H and O–H groups in total. The number of furan rings is 1. The van der Waals surface area contributed by atoms with Crippen molar-refractivity contribution in [2.45, 2.75) is 0 Å². The number of benzene rings is 6. The number of para-hydroxylation sites is 2. The Balaban J connectivity index is 1.26. The van der Waals surface area contributed by atoms with Crippen LogP contribution < -0.4 is 25.6 Å². The smallest absolute Gasteiger partial charge is 0.206 e. The highest BCUT2D eigenvalue weighted by Crippen LogP contribution is 2.53. The summed E-state index contributed by atoms with van der Waals surface area (Å²) in [6, 6.07) is 55.0. The van der Waals surface area contributed by atoms with E-state index in [9.17, 15) is 0 Å². The van der Waals surface area contributed by atoms with Crippen LogP contribution in [-0.2, 0) is 0 Å². The molecule has 2 aromatic heterocycles. The lowest BCUT2D eigenvalue weighted by Gasteiger charge is -2.31. The number of fused-ring (bicyclic) bond motifs is 4. The first-order valence-electron chi connectivity index (χ1n) is 15.3. The molecule has 0 saturated carbocycles. The SMILES string of the molecule is c1ccc(P(c2ccccc2)c2cccc3oc(N4c5ccccc5Oc5cc6cccc(-c7ccccn7)c6cc54)cc23)cc1. The molecule has 0 radical (unpaired) electrons. The normalized spacial score (nSPS) is 12.2. The second-order valence-electron chi connectivity index (χ2n) is 11.2. The van der Waals surface area contributed by atoms with Gasteiger partial charge in [0.05, 0.1) is 17.1 Å². The van der Waals surface area contributed by atoms with Gasteiger partial charge in [0, 0.05) is 23.2 Å². The first-order chi connectivity index (χ1) is 22.8. The second kappa shape index (κ2) is 11.0. The minimum absolute atomic E-state index is 0.741. The van der Waals surface area contributed by atoms with E-state index < -0.39 is 7.92 Å². The van der Waals surface area contributed by atoms with Crippen molar-refractivity contribution in [3.8, 4) is 22.8 Å². The Morgan fingerprint density at radius 1 is 0.543 bits per heavy atom. The van der Waals surface area contributed by atoms with Gasteiger partial charge in [-0.05, 0) is 77.1 Å². The van der Waals surface area contributed by atoms with E-state index in [-0.39, 0.29) is 0 Å². The maximum atomic E-state index is 6.78. The maximum absolute atomic E-state index is 6.78. The molecule has 0 fully saturated rings. The van der Waals surface area contributed by atoms with E-state index in [2.05, 4.69) is 137 Å². The van der Waals surface area contributed by atoms with Crippen LogP contribution in [0, 0.1) is 0 Å². The third-order valence-electron chi connectivity index (χ3n) is 8.48. The first-order valence-corrected chi connectivity index (χ1v) is 16.6. The van der Waals surface area contributed by atoms with Crippen molar-refractivity contribution < 1.29 is 9.15 Å². The number of pyridine rings is 1. The summed E-state index contributed by atoms with van der Waals surface area (Å²) in [7, 11) is -0.819. The van der Waals surface area contributed by atoms with E-state index in [4.69, 9.17) is 9.15 Å². The summed E-state index contributed by atoms with van der Waals surface area (Å²) in [5.41, 5.74) is 4.71. The summed E-state index contributed by atoms with van der Waals surface area (Å²) in [6.45, 7) is 0. The minimum atomic E-state index is -0.819. The van der Waals surface area contributed by atoms with Crippen LogP contribution in [-0.4, -0.2) is 4.98 Å². The van der Waals surface area contributed by atoms with Crippen molar-refractivity contribution in [3.63, 3.8) is 0 Å². The maximum Gasteiger partial charge on any atom is 0.206 e. The van der Waals surface area contributed by atoms with Gasteiger partial charge in [-0.2, -0.15) is 0 Å². The molecular formula is C41H27N2O2P. The molecule has 6 aromatic carbocycles. The quantitative estimate of drug-likeness (QED) is 0.182. The molecule has 5 heteroatoms. The summed E-state index contributed by atoms with van der Waals surface area (Å²) in [5, 5.41) is 7.16. The van der Waals surface area contributed by atoms with E-state index in [0.717, 1.165) is 61.8 Å². The zero-order valence-corrected chi connectivity index (χ0v) is 25.6. The lowest BCUT2D eigenvalue weighted by molar-refractivity contribution is 0.474. The van der Waals surface area contributed by atoms with E-state index >= 15 is 0 Å². The summed E-state index contributed by atoms with van der Waals surface area (Å²) < 4.78 is 13.3. The van der Waals surface area contributed by atoms with Crippen LogP contribution in [0.3, 0.4) is 0 Å². The van der Waals surface area contributed by atoms with Gasteiger partial charge in [0.15, 0.2) is 11.5 Å². The molecule has 8 aromatic rings. The highest BCUT2D eigenvalue weighted by atomic mass is 31.1. The molecule has 0 atom stereocenters. The molecule has 0 saturated heterocycles. The number of aromatic nitrogens is 1. The molecule has 0 spiro atoms. The van der Waals surface area contributed by atoms with Crippen LogP contribution in [0.5, 0.6) is 11.5 Å². The fourth-order valence-corrected chi connectivity index (χ4v) is 8.87. The number of hydrogen-bond acceptors (Lipinski definition) is 4. The average Bonchev–Trinajstić information content (AvgIpc) is 3.56. The fraction of sp³-hybridized carbons (Fsp3) is 0. The van der Waals surface area contributed by atoms with Gasteiger partial charge in [-0.1, -0.05) is 109 Å². The van der Waals surface area contributed by atoms with E-state index in [1.165, 1.54) is 15.9 Å². The van der Waals surface area contributed by atoms with E-state index in [1.54, 1.807) is 0 Å². The molecule has 46 heavy (non-hydrogen) atoms. The number of ether oxygens (including phenoxy) is 1. The van der Waals surface area contributed by atoms with Gasteiger partial charge < -0.3 is 9.15 Å². The van der Waals surface area contributed by atoms with Crippen molar-refractivity contribution in [2.24, 2.45) is 0 Å². The molecule has 0 unspecified atom stereocenters. The second-order valence-corrected chi connectivity index (χ2v) is 13.4. The van der Waals surface area contributed by atoms with Crippen LogP contribution >= 0.6 is 7.92 Å². The van der Waals surface area contributed by atoms with Crippen LogP contribution in [0.1, 0.15) is 0 Å².